The van der Waals surface area contributed by atoms with Gasteiger partial charge in [-0.1, -0.05) is 42.0 Å². The van der Waals surface area contributed by atoms with Crippen molar-refractivity contribution in [1.82, 2.24) is 25.0 Å². The fourth-order valence-corrected chi connectivity index (χ4v) is 3.50. The summed E-state index contributed by atoms with van der Waals surface area (Å²) in [5.41, 5.74) is 4.17. The van der Waals surface area contributed by atoms with Gasteiger partial charge < -0.3 is 4.74 Å². The van der Waals surface area contributed by atoms with Crippen LogP contribution >= 0.6 is 0 Å². The zero-order chi connectivity index (χ0) is 19.0. The molecular formula is C22H19N5O. The largest absolute Gasteiger partial charge is 0.438 e. The molecule has 5 rings (SSSR count). The van der Waals surface area contributed by atoms with Crippen LogP contribution in [0.2, 0.25) is 0 Å². The van der Waals surface area contributed by atoms with Crippen LogP contribution in [0, 0.1) is 6.92 Å². The predicted octanol–water partition coefficient (Wildman–Crippen LogP) is 4.24. The normalized spacial score (nSPS) is 14.6. The average molecular weight is 369 g/mol. The first-order valence-corrected chi connectivity index (χ1v) is 9.27. The molecule has 0 saturated heterocycles. The van der Waals surface area contributed by atoms with Crippen LogP contribution in [0.25, 0.3) is 5.82 Å². The van der Waals surface area contributed by atoms with E-state index < -0.39 is 0 Å². The highest BCUT2D eigenvalue weighted by atomic mass is 16.5. The minimum atomic E-state index is 0.157. The summed E-state index contributed by atoms with van der Waals surface area (Å²) < 4.78 is 5.84. The van der Waals surface area contributed by atoms with Gasteiger partial charge in [0.2, 0.25) is 5.88 Å². The molecule has 0 unspecified atom stereocenters. The summed E-state index contributed by atoms with van der Waals surface area (Å²) in [6.45, 7) is 2.12. The number of nitrogens with zero attached hydrogens (tertiary/aromatic N) is 5. The number of ether oxygens (including phenoxy) is 1. The number of hydrogen-bond acceptors (Lipinski definition) is 5. The molecule has 2 aromatic carbocycles. The lowest BCUT2D eigenvalue weighted by Gasteiger charge is -2.17. The van der Waals surface area contributed by atoms with Crippen LogP contribution in [0.3, 0.4) is 0 Å². The Balaban J connectivity index is 1.32. The van der Waals surface area contributed by atoms with Crippen molar-refractivity contribution < 1.29 is 4.74 Å². The molecule has 1 saturated carbocycles. The quantitative estimate of drug-likeness (QED) is 0.526. The van der Waals surface area contributed by atoms with Gasteiger partial charge in [-0.3, -0.25) is 0 Å². The minimum absolute atomic E-state index is 0.157. The molecule has 1 aliphatic carbocycles. The van der Waals surface area contributed by atoms with Gasteiger partial charge in [0.15, 0.2) is 5.82 Å². The van der Waals surface area contributed by atoms with Crippen molar-refractivity contribution in [1.29, 1.82) is 0 Å². The van der Waals surface area contributed by atoms with Crippen LogP contribution in [0.5, 0.6) is 11.6 Å². The van der Waals surface area contributed by atoms with E-state index in [9.17, 15) is 0 Å². The molecule has 0 radical (unpaired) electrons. The molecule has 0 N–H and O–H groups in total. The van der Waals surface area contributed by atoms with E-state index in [1.54, 1.807) is 24.8 Å². The molecule has 1 aliphatic rings. The van der Waals surface area contributed by atoms with Gasteiger partial charge in [0.25, 0.3) is 0 Å². The molecule has 0 bridgehead atoms. The third kappa shape index (κ3) is 3.03. The Labute approximate surface area is 162 Å². The summed E-state index contributed by atoms with van der Waals surface area (Å²) in [7, 11) is 0. The Morgan fingerprint density at radius 3 is 2.04 bits per heavy atom. The van der Waals surface area contributed by atoms with E-state index in [1.807, 2.05) is 12.1 Å². The topological polar surface area (TPSA) is 65.7 Å². The molecule has 6 nitrogen and oxygen atoms in total. The van der Waals surface area contributed by atoms with Crippen LogP contribution in [-0.2, 0) is 5.41 Å². The standard InChI is InChI=1S/C22H19N5O/c1-16-2-4-17(5-3-16)22(10-11-22)18-6-8-19(9-7-18)28-21-15-23-20(14-24-21)27-25-12-13-26-27/h2-9,12-15H,10-11H2,1H3. The summed E-state index contributed by atoms with van der Waals surface area (Å²) >= 11 is 0. The lowest BCUT2D eigenvalue weighted by molar-refractivity contribution is 0.459. The van der Waals surface area contributed by atoms with Crippen LogP contribution in [0.1, 0.15) is 29.5 Å². The van der Waals surface area contributed by atoms with E-state index >= 15 is 0 Å². The fourth-order valence-electron chi connectivity index (χ4n) is 3.50. The second kappa shape index (κ2) is 6.56. The lowest BCUT2D eigenvalue weighted by Crippen LogP contribution is -2.08. The van der Waals surface area contributed by atoms with Crippen molar-refractivity contribution in [3.63, 3.8) is 0 Å². The van der Waals surface area contributed by atoms with Gasteiger partial charge in [0.05, 0.1) is 24.8 Å². The smallest absolute Gasteiger partial charge is 0.237 e. The van der Waals surface area contributed by atoms with E-state index in [4.69, 9.17) is 4.74 Å². The molecule has 28 heavy (non-hydrogen) atoms. The van der Waals surface area contributed by atoms with Crippen molar-refractivity contribution in [3.8, 4) is 17.4 Å². The predicted molar refractivity (Wildman–Crippen MR) is 105 cm³/mol. The average Bonchev–Trinajstić information content (AvgIpc) is 3.35. The Bertz CT molecular complexity index is 1070. The van der Waals surface area contributed by atoms with E-state index in [-0.39, 0.29) is 5.41 Å². The van der Waals surface area contributed by atoms with Gasteiger partial charge >= 0.3 is 0 Å². The summed E-state index contributed by atoms with van der Waals surface area (Å²) in [4.78, 5) is 9.97. The van der Waals surface area contributed by atoms with Crippen LogP contribution in [0.4, 0.5) is 0 Å². The Kier molecular flexibility index (Phi) is 3.90. The summed E-state index contributed by atoms with van der Waals surface area (Å²) in [5.74, 6) is 1.72. The molecule has 0 atom stereocenters. The maximum absolute atomic E-state index is 5.84. The maximum Gasteiger partial charge on any atom is 0.237 e. The molecule has 138 valence electrons. The zero-order valence-electron chi connectivity index (χ0n) is 15.5. The van der Waals surface area contributed by atoms with E-state index in [0.717, 1.165) is 5.75 Å². The van der Waals surface area contributed by atoms with Gasteiger partial charge in [0, 0.05) is 5.41 Å². The fraction of sp³-hybridized carbons (Fsp3) is 0.182. The molecule has 0 aliphatic heterocycles. The van der Waals surface area contributed by atoms with Crippen molar-refractivity contribution in [2.24, 2.45) is 0 Å². The number of aryl methyl sites for hydroxylation is 1. The summed E-state index contributed by atoms with van der Waals surface area (Å²) in [5, 5.41) is 8.06. The highest BCUT2D eigenvalue weighted by molar-refractivity contribution is 5.47. The van der Waals surface area contributed by atoms with E-state index in [0.29, 0.717) is 11.7 Å². The molecule has 0 amide bonds. The third-order valence-electron chi connectivity index (χ3n) is 5.22. The highest BCUT2D eigenvalue weighted by Crippen LogP contribution is 2.53. The van der Waals surface area contributed by atoms with Crippen LogP contribution in [0.15, 0.2) is 73.3 Å². The lowest BCUT2D eigenvalue weighted by atomic mass is 9.88. The number of aromatic nitrogens is 5. The van der Waals surface area contributed by atoms with Gasteiger partial charge in [0.1, 0.15) is 5.75 Å². The summed E-state index contributed by atoms with van der Waals surface area (Å²) in [6, 6.07) is 17.2. The van der Waals surface area contributed by atoms with Crippen molar-refractivity contribution in [2.75, 3.05) is 0 Å². The molecule has 0 spiro atoms. The maximum atomic E-state index is 5.84. The van der Waals surface area contributed by atoms with Gasteiger partial charge in [-0.2, -0.15) is 10.2 Å². The molecule has 2 heterocycles. The Morgan fingerprint density at radius 2 is 1.46 bits per heavy atom. The van der Waals surface area contributed by atoms with Gasteiger partial charge in [-0.05, 0) is 43.0 Å². The first-order valence-electron chi connectivity index (χ1n) is 9.27. The second-order valence-corrected chi connectivity index (χ2v) is 7.11. The molecule has 1 fully saturated rings. The highest BCUT2D eigenvalue weighted by Gasteiger charge is 2.45. The number of rotatable bonds is 5. The minimum Gasteiger partial charge on any atom is -0.438 e. The second-order valence-electron chi connectivity index (χ2n) is 7.11. The Hall–Kier alpha value is -3.54. The first kappa shape index (κ1) is 16.6. The third-order valence-corrected chi connectivity index (χ3v) is 5.22. The molecule has 4 aromatic rings. The van der Waals surface area contributed by atoms with Crippen molar-refractivity contribution >= 4 is 0 Å². The molecular weight excluding hydrogens is 350 g/mol. The van der Waals surface area contributed by atoms with Crippen LogP contribution < -0.4 is 4.74 Å². The van der Waals surface area contributed by atoms with E-state index in [2.05, 4.69) is 63.5 Å². The number of hydrogen-bond donors (Lipinski definition) is 0. The molecule has 2 aromatic heterocycles. The van der Waals surface area contributed by atoms with Crippen molar-refractivity contribution in [2.45, 2.75) is 25.2 Å². The van der Waals surface area contributed by atoms with Crippen LogP contribution in [-0.4, -0.2) is 25.0 Å². The SMILES string of the molecule is Cc1ccc(C2(c3ccc(Oc4cnc(-n5nccn5)cn4)cc3)CC2)cc1. The Morgan fingerprint density at radius 1 is 0.821 bits per heavy atom. The zero-order valence-corrected chi connectivity index (χ0v) is 15.5. The summed E-state index contributed by atoms with van der Waals surface area (Å²) in [6.07, 6.45) is 8.71. The number of benzene rings is 2. The van der Waals surface area contributed by atoms with E-state index in [1.165, 1.54) is 34.3 Å². The van der Waals surface area contributed by atoms with Gasteiger partial charge in [-0.25, -0.2) is 9.97 Å². The van der Waals surface area contributed by atoms with Crippen molar-refractivity contribution in [3.05, 3.63) is 90.0 Å². The first-order chi connectivity index (χ1) is 13.7. The van der Waals surface area contributed by atoms with Gasteiger partial charge in [-0.15, -0.1) is 4.80 Å². The monoisotopic (exact) mass is 369 g/mol. The molecule has 6 heteroatoms.